The number of piperidine rings is 1. The standard InChI is InChI=1S/C15H20F2N2/c16-12-4-3-11(15(17)8-12)10-18-13-5-7-19-6-1-2-14(19)9-13/h3-4,8,13-14,18H,1-2,5-7,9-10H2/t13-,14+/m1/s1. The van der Waals surface area contributed by atoms with Crippen LogP contribution in [0.5, 0.6) is 0 Å². The van der Waals surface area contributed by atoms with Gasteiger partial charge in [-0.1, -0.05) is 6.07 Å². The molecule has 2 aliphatic heterocycles. The van der Waals surface area contributed by atoms with Gasteiger partial charge in [-0.3, -0.25) is 0 Å². The zero-order valence-electron chi connectivity index (χ0n) is 11.0. The van der Waals surface area contributed by atoms with Crippen LogP contribution in [0.3, 0.4) is 0 Å². The zero-order valence-corrected chi connectivity index (χ0v) is 11.0. The molecule has 0 spiro atoms. The summed E-state index contributed by atoms with van der Waals surface area (Å²) < 4.78 is 26.4. The van der Waals surface area contributed by atoms with E-state index in [1.807, 2.05) is 0 Å². The molecule has 1 aromatic rings. The Bertz CT molecular complexity index is 450. The maximum absolute atomic E-state index is 13.5. The Morgan fingerprint density at radius 1 is 1.21 bits per heavy atom. The van der Waals surface area contributed by atoms with Crippen LogP contribution in [0.4, 0.5) is 8.78 Å². The second-order valence-electron chi connectivity index (χ2n) is 5.67. The van der Waals surface area contributed by atoms with Crippen molar-refractivity contribution in [2.75, 3.05) is 13.1 Å². The molecule has 0 saturated carbocycles. The zero-order chi connectivity index (χ0) is 13.2. The highest BCUT2D eigenvalue weighted by molar-refractivity contribution is 5.18. The van der Waals surface area contributed by atoms with Crippen molar-refractivity contribution >= 4 is 0 Å². The number of benzene rings is 1. The van der Waals surface area contributed by atoms with E-state index in [9.17, 15) is 8.78 Å². The van der Waals surface area contributed by atoms with E-state index in [-0.39, 0.29) is 0 Å². The van der Waals surface area contributed by atoms with Crippen molar-refractivity contribution in [3.05, 3.63) is 35.4 Å². The molecule has 0 bridgehead atoms. The van der Waals surface area contributed by atoms with Crippen LogP contribution in [0.2, 0.25) is 0 Å². The topological polar surface area (TPSA) is 15.3 Å². The molecule has 3 rings (SSSR count). The summed E-state index contributed by atoms with van der Waals surface area (Å²) in [4.78, 5) is 2.57. The van der Waals surface area contributed by atoms with E-state index in [0.29, 0.717) is 24.2 Å². The molecule has 0 aromatic heterocycles. The molecule has 0 amide bonds. The van der Waals surface area contributed by atoms with Gasteiger partial charge >= 0.3 is 0 Å². The van der Waals surface area contributed by atoms with Crippen LogP contribution >= 0.6 is 0 Å². The fourth-order valence-corrected chi connectivity index (χ4v) is 3.33. The molecule has 2 fully saturated rings. The molecule has 4 heteroatoms. The second-order valence-corrected chi connectivity index (χ2v) is 5.67. The van der Waals surface area contributed by atoms with Crippen LogP contribution in [0.25, 0.3) is 0 Å². The molecule has 0 aliphatic carbocycles. The lowest BCUT2D eigenvalue weighted by Crippen LogP contribution is -2.45. The molecule has 2 atom stereocenters. The van der Waals surface area contributed by atoms with Gasteiger partial charge in [-0.2, -0.15) is 0 Å². The first kappa shape index (κ1) is 13.0. The monoisotopic (exact) mass is 266 g/mol. The Hall–Kier alpha value is -1.00. The third-order valence-electron chi connectivity index (χ3n) is 4.42. The lowest BCUT2D eigenvalue weighted by molar-refractivity contribution is 0.166. The van der Waals surface area contributed by atoms with Crippen molar-refractivity contribution in [2.45, 2.75) is 44.3 Å². The summed E-state index contributed by atoms with van der Waals surface area (Å²) in [6, 6.07) is 4.98. The third-order valence-corrected chi connectivity index (χ3v) is 4.42. The van der Waals surface area contributed by atoms with Gasteiger partial charge in [0.25, 0.3) is 0 Å². The first-order valence-corrected chi connectivity index (χ1v) is 7.14. The number of halogens is 2. The van der Waals surface area contributed by atoms with E-state index in [1.54, 1.807) is 0 Å². The van der Waals surface area contributed by atoms with Crippen molar-refractivity contribution < 1.29 is 8.78 Å². The van der Waals surface area contributed by atoms with Crippen LogP contribution < -0.4 is 5.32 Å². The highest BCUT2D eigenvalue weighted by atomic mass is 19.1. The maximum Gasteiger partial charge on any atom is 0.130 e. The van der Waals surface area contributed by atoms with Crippen molar-refractivity contribution in [2.24, 2.45) is 0 Å². The summed E-state index contributed by atoms with van der Waals surface area (Å²) in [7, 11) is 0. The summed E-state index contributed by atoms with van der Waals surface area (Å²) >= 11 is 0. The third kappa shape index (κ3) is 2.95. The van der Waals surface area contributed by atoms with Crippen LogP contribution in [-0.4, -0.2) is 30.1 Å². The highest BCUT2D eigenvalue weighted by Crippen LogP contribution is 2.27. The molecular formula is C15H20F2N2. The number of nitrogens with zero attached hydrogens (tertiary/aromatic N) is 1. The molecule has 1 aromatic carbocycles. The Morgan fingerprint density at radius 3 is 2.95 bits per heavy atom. The van der Waals surface area contributed by atoms with Gasteiger partial charge in [-0.05, 0) is 44.8 Å². The fourth-order valence-electron chi connectivity index (χ4n) is 3.33. The van der Waals surface area contributed by atoms with E-state index < -0.39 is 11.6 Å². The lowest BCUT2D eigenvalue weighted by Gasteiger charge is -2.35. The summed E-state index contributed by atoms with van der Waals surface area (Å²) in [5.74, 6) is -0.966. The van der Waals surface area contributed by atoms with Gasteiger partial charge in [-0.25, -0.2) is 8.78 Å². The molecular weight excluding hydrogens is 246 g/mol. The minimum atomic E-state index is -0.513. The minimum Gasteiger partial charge on any atom is -0.310 e. The van der Waals surface area contributed by atoms with Gasteiger partial charge in [0.1, 0.15) is 11.6 Å². The van der Waals surface area contributed by atoms with E-state index >= 15 is 0 Å². The molecule has 104 valence electrons. The lowest BCUT2D eigenvalue weighted by atomic mass is 9.97. The number of hydrogen-bond donors (Lipinski definition) is 1. The normalized spacial score (nSPS) is 27.5. The van der Waals surface area contributed by atoms with Gasteiger partial charge in [0, 0.05) is 30.3 Å². The SMILES string of the molecule is Fc1ccc(CN[C@@H]2CCN3CCC[C@H]3C2)c(F)c1. The molecule has 0 radical (unpaired) electrons. The Balaban J connectivity index is 1.54. The Labute approximate surface area is 112 Å². The Kier molecular flexibility index (Phi) is 3.80. The van der Waals surface area contributed by atoms with Crippen molar-refractivity contribution in [3.8, 4) is 0 Å². The van der Waals surface area contributed by atoms with Gasteiger partial charge in [-0.15, -0.1) is 0 Å². The van der Waals surface area contributed by atoms with E-state index in [2.05, 4.69) is 10.2 Å². The average molecular weight is 266 g/mol. The predicted octanol–water partition coefficient (Wildman–Crippen LogP) is 2.68. The molecule has 2 aliphatic rings. The summed E-state index contributed by atoms with van der Waals surface area (Å²) in [6.07, 6.45) is 4.88. The smallest absolute Gasteiger partial charge is 0.130 e. The van der Waals surface area contributed by atoms with E-state index in [0.717, 1.165) is 25.5 Å². The van der Waals surface area contributed by atoms with Crippen LogP contribution in [-0.2, 0) is 6.54 Å². The molecule has 2 nitrogen and oxygen atoms in total. The largest absolute Gasteiger partial charge is 0.310 e. The van der Waals surface area contributed by atoms with Crippen molar-refractivity contribution in [1.29, 1.82) is 0 Å². The summed E-state index contributed by atoms with van der Waals surface area (Å²) in [6.45, 7) is 2.88. The highest BCUT2D eigenvalue weighted by Gasteiger charge is 2.31. The summed E-state index contributed by atoms with van der Waals surface area (Å²) in [5.41, 5.74) is 0.551. The number of rotatable bonds is 3. The van der Waals surface area contributed by atoms with Crippen LogP contribution in [0, 0.1) is 11.6 Å². The van der Waals surface area contributed by atoms with Crippen molar-refractivity contribution in [3.63, 3.8) is 0 Å². The molecule has 2 heterocycles. The van der Waals surface area contributed by atoms with Gasteiger partial charge in [0.2, 0.25) is 0 Å². The van der Waals surface area contributed by atoms with Gasteiger partial charge in [0.15, 0.2) is 0 Å². The van der Waals surface area contributed by atoms with Gasteiger partial charge < -0.3 is 10.2 Å². The average Bonchev–Trinajstić information content (AvgIpc) is 2.85. The Morgan fingerprint density at radius 2 is 2.11 bits per heavy atom. The maximum atomic E-state index is 13.5. The molecule has 19 heavy (non-hydrogen) atoms. The first-order valence-electron chi connectivity index (χ1n) is 7.14. The predicted molar refractivity (Wildman–Crippen MR) is 70.8 cm³/mol. The van der Waals surface area contributed by atoms with Gasteiger partial charge in [0.05, 0.1) is 0 Å². The number of hydrogen-bond acceptors (Lipinski definition) is 2. The van der Waals surface area contributed by atoms with E-state index in [1.165, 1.54) is 31.5 Å². The van der Waals surface area contributed by atoms with Crippen molar-refractivity contribution in [1.82, 2.24) is 10.2 Å². The minimum absolute atomic E-state index is 0.453. The van der Waals surface area contributed by atoms with E-state index in [4.69, 9.17) is 0 Å². The van der Waals surface area contributed by atoms with Crippen LogP contribution in [0.15, 0.2) is 18.2 Å². The molecule has 1 N–H and O–H groups in total. The number of fused-ring (bicyclic) bond motifs is 1. The molecule has 0 unspecified atom stereocenters. The summed E-state index contributed by atoms with van der Waals surface area (Å²) in [5, 5.41) is 3.42. The first-order chi connectivity index (χ1) is 9.22. The van der Waals surface area contributed by atoms with Crippen LogP contribution in [0.1, 0.15) is 31.2 Å². The molecule has 2 saturated heterocycles. The number of nitrogens with one attached hydrogen (secondary N) is 1. The second kappa shape index (κ2) is 5.55. The fraction of sp³-hybridized carbons (Fsp3) is 0.600. The quantitative estimate of drug-likeness (QED) is 0.905.